The van der Waals surface area contributed by atoms with Crippen LogP contribution in [0.5, 0.6) is 0 Å². The third kappa shape index (κ3) is 8.08. The van der Waals surface area contributed by atoms with Gasteiger partial charge in [0.1, 0.15) is 0 Å². The lowest BCUT2D eigenvalue weighted by molar-refractivity contribution is 0.375. The van der Waals surface area contributed by atoms with Gasteiger partial charge in [0.15, 0.2) is 0 Å². The molecule has 0 aromatic rings. The Labute approximate surface area is 84.4 Å². The molecule has 0 radical (unpaired) electrons. The number of rotatable bonds is 5. The highest BCUT2D eigenvalue weighted by atomic mass is 14.2. The molecule has 0 saturated heterocycles. The second-order valence-corrected chi connectivity index (χ2v) is 5.11. The van der Waals surface area contributed by atoms with Crippen molar-refractivity contribution < 1.29 is 0 Å². The van der Waals surface area contributed by atoms with Crippen LogP contribution >= 0.6 is 0 Å². The minimum absolute atomic E-state index is 0.487. The van der Waals surface area contributed by atoms with E-state index < -0.39 is 0 Å². The van der Waals surface area contributed by atoms with Gasteiger partial charge in [0, 0.05) is 0 Å². The second-order valence-electron chi connectivity index (χ2n) is 5.11. The van der Waals surface area contributed by atoms with Gasteiger partial charge in [0.2, 0.25) is 0 Å². The van der Waals surface area contributed by atoms with E-state index >= 15 is 0 Å². The fraction of sp³-hybridized carbons (Fsp3) is 0.846. The molecule has 0 heterocycles. The molecule has 0 rings (SSSR count). The summed E-state index contributed by atoms with van der Waals surface area (Å²) in [6.07, 6.45) is 8.89. The summed E-state index contributed by atoms with van der Waals surface area (Å²) in [7, 11) is 0. The van der Waals surface area contributed by atoms with Gasteiger partial charge in [-0.15, -0.1) is 0 Å². The van der Waals surface area contributed by atoms with Crippen LogP contribution in [0.4, 0.5) is 0 Å². The summed E-state index contributed by atoms with van der Waals surface area (Å²) in [5.74, 6) is 0. The molecule has 13 heavy (non-hydrogen) atoms. The molecule has 0 spiro atoms. The minimum atomic E-state index is 0.487. The molecule has 78 valence electrons. The van der Waals surface area contributed by atoms with Crippen molar-refractivity contribution in [1.29, 1.82) is 0 Å². The van der Waals surface area contributed by atoms with Crippen LogP contribution in [-0.2, 0) is 0 Å². The molecule has 0 aliphatic carbocycles. The molecule has 0 bridgehead atoms. The van der Waals surface area contributed by atoms with Gasteiger partial charge in [-0.2, -0.15) is 0 Å². The molecule has 0 saturated carbocycles. The molecule has 0 aromatic carbocycles. The minimum Gasteiger partial charge on any atom is -0.0885 e. The summed E-state index contributed by atoms with van der Waals surface area (Å²) < 4.78 is 0. The predicted octanol–water partition coefficient (Wildman–Crippen LogP) is 4.95. The Morgan fingerprint density at radius 3 is 2.15 bits per heavy atom. The Kier molecular flexibility index (Phi) is 6.11. The van der Waals surface area contributed by atoms with Gasteiger partial charge in [-0.05, 0) is 38.0 Å². The molecule has 0 aromatic heterocycles. The highest BCUT2D eigenvalue weighted by Crippen LogP contribution is 2.25. The van der Waals surface area contributed by atoms with Crippen LogP contribution in [0.2, 0.25) is 0 Å². The molecule has 0 atom stereocenters. The van der Waals surface area contributed by atoms with Crippen molar-refractivity contribution in [1.82, 2.24) is 0 Å². The smallest absolute Gasteiger partial charge is 0.0315 e. The molecule has 0 heteroatoms. The molecular formula is C13H26. The molecule has 0 aliphatic rings. The molecule has 0 nitrogen and oxygen atoms in total. The first-order valence-electron chi connectivity index (χ1n) is 5.63. The van der Waals surface area contributed by atoms with Crippen molar-refractivity contribution in [3.63, 3.8) is 0 Å². The molecule has 0 amide bonds. The molecule has 0 unspecified atom stereocenters. The Morgan fingerprint density at radius 2 is 1.77 bits per heavy atom. The fourth-order valence-corrected chi connectivity index (χ4v) is 1.35. The van der Waals surface area contributed by atoms with E-state index in [1.807, 2.05) is 0 Å². The molecule has 0 N–H and O–H groups in total. The Bertz CT molecular complexity index is 146. The Morgan fingerprint density at radius 1 is 1.15 bits per heavy atom. The van der Waals surface area contributed by atoms with E-state index in [4.69, 9.17) is 0 Å². The summed E-state index contributed by atoms with van der Waals surface area (Å²) in [6, 6.07) is 0. The zero-order chi connectivity index (χ0) is 10.3. The van der Waals surface area contributed by atoms with Crippen molar-refractivity contribution in [3.8, 4) is 0 Å². The first kappa shape index (κ1) is 12.7. The van der Waals surface area contributed by atoms with Gasteiger partial charge in [-0.3, -0.25) is 0 Å². The average molecular weight is 182 g/mol. The van der Waals surface area contributed by atoms with E-state index in [1.54, 1.807) is 5.57 Å². The lowest BCUT2D eigenvalue weighted by Crippen LogP contribution is -2.04. The Balaban J connectivity index is 3.74. The number of unbranched alkanes of at least 4 members (excludes halogenated alkanes) is 1. The zero-order valence-electron chi connectivity index (χ0n) is 10.1. The maximum atomic E-state index is 2.32. The van der Waals surface area contributed by atoms with Crippen LogP contribution in [0.1, 0.15) is 66.7 Å². The summed E-state index contributed by atoms with van der Waals surface area (Å²) in [5, 5.41) is 0. The van der Waals surface area contributed by atoms with Crippen molar-refractivity contribution in [2.75, 3.05) is 0 Å². The van der Waals surface area contributed by atoms with Crippen molar-refractivity contribution in [2.24, 2.45) is 5.41 Å². The first-order valence-corrected chi connectivity index (χ1v) is 5.63. The summed E-state index contributed by atoms with van der Waals surface area (Å²) in [6.45, 7) is 11.4. The average Bonchev–Trinajstić information content (AvgIpc) is 2.03. The largest absolute Gasteiger partial charge is 0.0885 e. The van der Waals surface area contributed by atoms with Gasteiger partial charge >= 0.3 is 0 Å². The fourth-order valence-electron chi connectivity index (χ4n) is 1.35. The van der Waals surface area contributed by atoms with Gasteiger partial charge < -0.3 is 0 Å². The summed E-state index contributed by atoms with van der Waals surface area (Å²) in [5.41, 5.74) is 2.14. The lowest BCUT2D eigenvalue weighted by atomic mass is 9.87. The summed E-state index contributed by atoms with van der Waals surface area (Å²) >= 11 is 0. The highest BCUT2D eigenvalue weighted by Gasteiger charge is 2.10. The standard InChI is InChI=1S/C13H26/c1-6-8-9-12(7-2)10-11-13(3,4)5/h7H,6,8-11H2,1-5H3. The molecule has 0 aliphatic heterocycles. The van der Waals surface area contributed by atoms with Crippen molar-refractivity contribution in [2.45, 2.75) is 66.7 Å². The van der Waals surface area contributed by atoms with E-state index in [-0.39, 0.29) is 0 Å². The van der Waals surface area contributed by atoms with E-state index in [1.165, 1.54) is 32.1 Å². The SMILES string of the molecule is CC=C(CCCC)CCC(C)(C)C. The normalized spacial score (nSPS) is 13.5. The van der Waals surface area contributed by atoms with Crippen LogP contribution in [0.15, 0.2) is 11.6 Å². The predicted molar refractivity (Wildman–Crippen MR) is 62.0 cm³/mol. The van der Waals surface area contributed by atoms with Crippen LogP contribution in [-0.4, -0.2) is 0 Å². The van der Waals surface area contributed by atoms with E-state index in [0.29, 0.717) is 5.41 Å². The van der Waals surface area contributed by atoms with Gasteiger partial charge in [-0.1, -0.05) is 45.8 Å². The first-order chi connectivity index (χ1) is 5.99. The van der Waals surface area contributed by atoms with Crippen molar-refractivity contribution in [3.05, 3.63) is 11.6 Å². The lowest BCUT2D eigenvalue weighted by Gasteiger charge is -2.18. The maximum absolute atomic E-state index is 2.32. The van der Waals surface area contributed by atoms with E-state index in [9.17, 15) is 0 Å². The van der Waals surface area contributed by atoms with Crippen LogP contribution in [0.3, 0.4) is 0 Å². The van der Waals surface area contributed by atoms with E-state index in [0.717, 1.165) is 0 Å². The number of hydrogen-bond acceptors (Lipinski definition) is 0. The quantitative estimate of drug-likeness (QED) is 0.528. The van der Waals surface area contributed by atoms with Gasteiger partial charge in [-0.25, -0.2) is 0 Å². The van der Waals surface area contributed by atoms with Crippen LogP contribution in [0.25, 0.3) is 0 Å². The van der Waals surface area contributed by atoms with E-state index in [2.05, 4.69) is 40.7 Å². The zero-order valence-corrected chi connectivity index (χ0v) is 10.1. The second kappa shape index (κ2) is 6.23. The van der Waals surface area contributed by atoms with Crippen LogP contribution < -0.4 is 0 Å². The third-order valence-corrected chi connectivity index (χ3v) is 2.46. The highest BCUT2D eigenvalue weighted by molar-refractivity contribution is 5.00. The third-order valence-electron chi connectivity index (χ3n) is 2.46. The molecule has 0 fully saturated rings. The van der Waals surface area contributed by atoms with Gasteiger partial charge in [0.05, 0.1) is 0 Å². The number of hydrogen-bond donors (Lipinski definition) is 0. The van der Waals surface area contributed by atoms with Crippen molar-refractivity contribution >= 4 is 0 Å². The molecular weight excluding hydrogens is 156 g/mol. The van der Waals surface area contributed by atoms with Crippen LogP contribution in [0, 0.1) is 5.41 Å². The Hall–Kier alpha value is -0.260. The topological polar surface area (TPSA) is 0 Å². The number of allylic oxidation sites excluding steroid dienone is 2. The van der Waals surface area contributed by atoms with Gasteiger partial charge in [0.25, 0.3) is 0 Å². The summed E-state index contributed by atoms with van der Waals surface area (Å²) in [4.78, 5) is 0. The maximum Gasteiger partial charge on any atom is -0.0315 e. The monoisotopic (exact) mass is 182 g/mol.